The minimum absolute atomic E-state index is 0.147. The summed E-state index contributed by atoms with van der Waals surface area (Å²) in [6.07, 6.45) is -2.62. The number of nitrogens with zero attached hydrogens (tertiary/aromatic N) is 2. The van der Waals surface area contributed by atoms with Crippen molar-refractivity contribution >= 4 is 5.97 Å². The quantitative estimate of drug-likeness (QED) is 0.769. The largest absolute Gasteiger partial charge is 0.464 e. The van der Waals surface area contributed by atoms with Gasteiger partial charge >= 0.3 is 12.1 Å². The van der Waals surface area contributed by atoms with Gasteiger partial charge in [-0.1, -0.05) is 0 Å². The molecule has 0 unspecified atom stereocenters. The van der Waals surface area contributed by atoms with Crippen molar-refractivity contribution in [2.75, 3.05) is 7.11 Å². The molecule has 0 amide bonds. The Morgan fingerprint density at radius 2 is 2.24 bits per heavy atom. The van der Waals surface area contributed by atoms with Crippen molar-refractivity contribution in [3.8, 4) is 0 Å². The summed E-state index contributed by atoms with van der Waals surface area (Å²) in [5, 5.41) is 3.42. The van der Waals surface area contributed by atoms with Crippen LogP contribution in [0.2, 0.25) is 0 Å². The maximum Gasteiger partial charge on any atom is 0.435 e. The lowest BCUT2D eigenvalue weighted by Gasteiger charge is -2.04. The third-order valence-electron chi connectivity index (χ3n) is 2.59. The standard InChI is InChI=1S/C10H11F3N2O2/c1-17-9(16)7-4-8(10(11,12)13)14-15(7)5-6-2-3-6/h4,6H,2-3,5H2,1H3. The number of alkyl halides is 3. The lowest BCUT2D eigenvalue weighted by Crippen LogP contribution is -2.13. The molecule has 0 bridgehead atoms. The van der Waals surface area contributed by atoms with Crippen LogP contribution < -0.4 is 0 Å². The van der Waals surface area contributed by atoms with Crippen LogP contribution in [0.5, 0.6) is 0 Å². The van der Waals surface area contributed by atoms with Crippen LogP contribution in [0.3, 0.4) is 0 Å². The molecule has 1 aromatic heterocycles. The molecule has 1 aromatic rings. The third-order valence-corrected chi connectivity index (χ3v) is 2.59. The number of hydrogen-bond donors (Lipinski definition) is 0. The second kappa shape index (κ2) is 4.05. The van der Waals surface area contributed by atoms with Crippen LogP contribution in [-0.4, -0.2) is 22.9 Å². The zero-order valence-electron chi connectivity index (χ0n) is 9.12. The van der Waals surface area contributed by atoms with Crippen LogP contribution in [0.15, 0.2) is 6.07 Å². The summed E-state index contributed by atoms with van der Waals surface area (Å²) in [5.41, 5.74) is -1.20. The first-order valence-corrected chi connectivity index (χ1v) is 5.15. The number of aromatic nitrogens is 2. The molecule has 0 atom stereocenters. The lowest BCUT2D eigenvalue weighted by atomic mass is 10.3. The van der Waals surface area contributed by atoms with E-state index in [2.05, 4.69) is 9.84 Å². The van der Waals surface area contributed by atoms with Gasteiger partial charge in [0, 0.05) is 12.6 Å². The van der Waals surface area contributed by atoms with E-state index in [1.807, 2.05) is 0 Å². The van der Waals surface area contributed by atoms with Crippen molar-refractivity contribution in [1.29, 1.82) is 0 Å². The molecule has 17 heavy (non-hydrogen) atoms. The van der Waals surface area contributed by atoms with E-state index in [0.717, 1.165) is 30.7 Å². The molecular formula is C10H11F3N2O2. The molecule has 94 valence electrons. The van der Waals surface area contributed by atoms with Crippen molar-refractivity contribution in [3.05, 3.63) is 17.5 Å². The van der Waals surface area contributed by atoms with Crippen LogP contribution in [0, 0.1) is 5.92 Å². The van der Waals surface area contributed by atoms with Crippen LogP contribution >= 0.6 is 0 Å². The first-order valence-electron chi connectivity index (χ1n) is 5.15. The monoisotopic (exact) mass is 248 g/mol. The van der Waals surface area contributed by atoms with Gasteiger partial charge in [0.2, 0.25) is 0 Å². The molecule has 1 aliphatic rings. The fraction of sp³-hybridized carbons (Fsp3) is 0.600. The van der Waals surface area contributed by atoms with E-state index in [4.69, 9.17) is 0 Å². The second-order valence-electron chi connectivity index (χ2n) is 4.03. The van der Waals surface area contributed by atoms with Gasteiger partial charge in [-0.3, -0.25) is 4.68 Å². The Bertz CT molecular complexity index is 435. The van der Waals surface area contributed by atoms with E-state index in [-0.39, 0.29) is 5.69 Å². The van der Waals surface area contributed by atoms with Gasteiger partial charge in [0.1, 0.15) is 5.69 Å². The maximum atomic E-state index is 12.5. The molecule has 1 heterocycles. The summed E-state index contributed by atoms with van der Waals surface area (Å²) < 4.78 is 42.9. The molecule has 0 N–H and O–H groups in total. The Hall–Kier alpha value is -1.53. The number of rotatable bonds is 3. The smallest absolute Gasteiger partial charge is 0.435 e. The minimum Gasteiger partial charge on any atom is -0.464 e. The molecule has 1 saturated carbocycles. The van der Waals surface area contributed by atoms with Crippen LogP contribution in [0.25, 0.3) is 0 Å². The summed E-state index contributed by atoms with van der Waals surface area (Å²) in [5.74, 6) is -0.479. The highest BCUT2D eigenvalue weighted by atomic mass is 19.4. The highest BCUT2D eigenvalue weighted by molar-refractivity contribution is 5.87. The highest BCUT2D eigenvalue weighted by Crippen LogP contribution is 2.33. The average Bonchev–Trinajstić information content (AvgIpc) is 2.93. The molecular weight excluding hydrogens is 237 g/mol. The normalized spacial score (nSPS) is 16.0. The molecule has 1 fully saturated rings. The van der Waals surface area contributed by atoms with Gasteiger partial charge in [0.15, 0.2) is 5.69 Å². The van der Waals surface area contributed by atoms with Gasteiger partial charge in [-0.15, -0.1) is 0 Å². The van der Waals surface area contributed by atoms with E-state index in [9.17, 15) is 18.0 Å². The number of methoxy groups -OCH3 is 1. The summed E-state index contributed by atoms with van der Waals surface area (Å²) >= 11 is 0. The van der Waals surface area contributed by atoms with Gasteiger partial charge in [0.25, 0.3) is 0 Å². The Morgan fingerprint density at radius 3 is 2.71 bits per heavy atom. The Morgan fingerprint density at radius 1 is 1.59 bits per heavy atom. The van der Waals surface area contributed by atoms with Gasteiger partial charge < -0.3 is 4.74 Å². The van der Waals surface area contributed by atoms with E-state index in [0.29, 0.717) is 12.5 Å². The van der Waals surface area contributed by atoms with Crippen molar-refractivity contribution < 1.29 is 22.7 Å². The molecule has 0 aliphatic heterocycles. The van der Waals surface area contributed by atoms with Crippen LogP contribution in [0.1, 0.15) is 29.0 Å². The first kappa shape index (κ1) is 11.9. The predicted molar refractivity (Wildman–Crippen MR) is 51.3 cm³/mol. The minimum atomic E-state index is -4.54. The molecule has 1 aliphatic carbocycles. The molecule has 0 radical (unpaired) electrons. The zero-order valence-corrected chi connectivity index (χ0v) is 9.12. The highest BCUT2D eigenvalue weighted by Gasteiger charge is 2.36. The lowest BCUT2D eigenvalue weighted by molar-refractivity contribution is -0.141. The number of carbonyl (C=O) groups excluding carboxylic acids is 1. The van der Waals surface area contributed by atoms with Crippen molar-refractivity contribution in [2.45, 2.75) is 25.6 Å². The Balaban J connectivity index is 2.32. The van der Waals surface area contributed by atoms with Crippen LogP contribution in [-0.2, 0) is 17.5 Å². The van der Waals surface area contributed by atoms with E-state index >= 15 is 0 Å². The van der Waals surface area contributed by atoms with Crippen molar-refractivity contribution in [3.63, 3.8) is 0 Å². The van der Waals surface area contributed by atoms with Crippen molar-refractivity contribution in [1.82, 2.24) is 9.78 Å². The number of ether oxygens (including phenoxy) is 1. The molecule has 7 heteroatoms. The van der Waals surface area contributed by atoms with Gasteiger partial charge in [-0.05, 0) is 18.8 Å². The van der Waals surface area contributed by atoms with Crippen LogP contribution in [0.4, 0.5) is 13.2 Å². The zero-order chi connectivity index (χ0) is 12.6. The Labute approximate surface area is 95.4 Å². The van der Waals surface area contributed by atoms with Gasteiger partial charge in [0.05, 0.1) is 7.11 Å². The maximum absolute atomic E-state index is 12.5. The SMILES string of the molecule is COC(=O)c1cc(C(F)(F)F)nn1CC1CC1. The topological polar surface area (TPSA) is 44.1 Å². The number of hydrogen-bond acceptors (Lipinski definition) is 3. The van der Waals surface area contributed by atoms with E-state index in [1.54, 1.807) is 0 Å². The fourth-order valence-corrected chi connectivity index (χ4v) is 1.51. The van der Waals surface area contributed by atoms with Crippen molar-refractivity contribution in [2.24, 2.45) is 5.92 Å². The summed E-state index contributed by atoms with van der Waals surface area (Å²) in [7, 11) is 1.13. The molecule has 0 spiro atoms. The Kier molecular flexibility index (Phi) is 2.84. The molecule has 2 rings (SSSR count). The van der Waals surface area contributed by atoms with Gasteiger partial charge in [-0.25, -0.2) is 4.79 Å². The summed E-state index contributed by atoms with van der Waals surface area (Å²) in [6, 6.07) is 0.730. The number of esters is 1. The van der Waals surface area contributed by atoms with Gasteiger partial charge in [-0.2, -0.15) is 18.3 Å². The summed E-state index contributed by atoms with van der Waals surface area (Å²) in [4.78, 5) is 11.3. The fourth-order valence-electron chi connectivity index (χ4n) is 1.51. The van der Waals surface area contributed by atoms with E-state index < -0.39 is 17.8 Å². The van der Waals surface area contributed by atoms with E-state index in [1.165, 1.54) is 0 Å². The first-order chi connectivity index (χ1) is 7.91. The molecule has 0 saturated heterocycles. The molecule has 4 nitrogen and oxygen atoms in total. The number of carbonyl (C=O) groups is 1. The summed E-state index contributed by atoms with van der Waals surface area (Å²) in [6.45, 7) is 0.334. The third kappa shape index (κ3) is 2.59. The predicted octanol–water partition coefficient (Wildman–Crippen LogP) is 2.10. The average molecular weight is 248 g/mol. The number of halogens is 3. The second-order valence-corrected chi connectivity index (χ2v) is 4.03. The molecule has 0 aromatic carbocycles.